The summed E-state index contributed by atoms with van der Waals surface area (Å²) in [6, 6.07) is 2.98. The van der Waals surface area contributed by atoms with Gasteiger partial charge in [-0.2, -0.15) is 0 Å². The minimum absolute atomic E-state index is 0.0521. The second-order valence-electron chi connectivity index (χ2n) is 5.59. The molecule has 3 rings (SSSR count). The molecule has 0 aliphatic carbocycles. The lowest BCUT2D eigenvalue weighted by Gasteiger charge is -2.42. The molecule has 29 heavy (non-hydrogen) atoms. The van der Waals surface area contributed by atoms with Gasteiger partial charge in [0, 0.05) is 19.6 Å². The number of aromatic nitrogens is 3. The van der Waals surface area contributed by atoms with E-state index in [9.17, 15) is 8.78 Å². The number of piperazine rings is 1. The van der Waals surface area contributed by atoms with Gasteiger partial charge < -0.3 is 14.5 Å². The first kappa shape index (κ1) is 25.2. The molecule has 1 unspecified atom stereocenters. The maximum atomic E-state index is 13.1. The number of hydrogen-bond donors (Lipinski definition) is 0. The number of alkyl halides is 1. The van der Waals surface area contributed by atoms with Crippen LogP contribution in [0.25, 0.3) is 0 Å². The van der Waals surface area contributed by atoms with Gasteiger partial charge in [-0.15, -0.1) is 0 Å². The zero-order valence-electron chi connectivity index (χ0n) is 17.5. The fourth-order valence-electron chi connectivity index (χ4n) is 2.79. The molecule has 1 aliphatic rings. The third-order valence-electron chi connectivity index (χ3n) is 3.95. The molecule has 1 saturated heterocycles. The minimum atomic E-state index is -0.524. The molecule has 0 spiro atoms. The molecule has 0 amide bonds. The zero-order valence-corrected chi connectivity index (χ0v) is 19.1. The van der Waals surface area contributed by atoms with Gasteiger partial charge in [0.2, 0.25) is 0 Å². The molecular weight excluding hydrogens is 444 g/mol. The lowest BCUT2D eigenvalue weighted by Crippen LogP contribution is -2.56. The molecule has 0 radical (unpaired) electrons. The van der Waals surface area contributed by atoms with Crippen LogP contribution in [0.5, 0.6) is 0 Å². The zero-order chi connectivity index (χ0) is 21.6. The Hall–Kier alpha value is -1.87. The van der Waals surface area contributed by atoms with E-state index in [1.54, 1.807) is 18.5 Å². The highest BCUT2D eigenvalue weighted by Gasteiger charge is 2.29. The van der Waals surface area contributed by atoms with Gasteiger partial charge in [0.05, 0.1) is 37.8 Å². The van der Waals surface area contributed by atoms with Crippen molar-refractivity contribution in [1.29, 1.82) is 0 Å². The van der Waals surface area contributed by atoms with Crippen LogP contribution in [0.15, 0.2) is 35.3 Å². The first-order chi connectivity index (χ1) is 14.2. The second kappa shape index (κ2) is 14.2. The van der Waals surface area contributed by atoms with Crippen LogP contribution in [0, 0.1) is 5.82 Å². The predicted octanol–water partition coefficient (Wildman–Crippen LogP) is 4.51. The molecule has 162 valence electrons. The van der Waals surface area contributed by atoms with Crippen LogP contribution in [0.3, 0.4) is 0 Å². The molecule has 2 aromatic heterocycles. The maximum absolute atomic E-state index is 13.1. The number of halogens is 3. The van der Waals surface area contributed by atoms with Crippen molar-refractivity contribution in [1.82, 2.24) is 15.0 Å². The number of hydrogen-bond acceptors (Lipinski definition) is 6. The highest BCUT2D eigenvalue weighted by atomic mass is 79.9. The summed E-state index contributed by atoms with van der Waals surface area (Å²) in [6.45, 7) is 9.89. The van der Waals surface area contributed by atoms with E-state index >= 15 is 0 Å². The van der Waals surface area contributed by atoms with Gasteiger partial charge >= 0.3 is 0 Å². The van der Waals surface area contributed by atoms with Gasteiger partial charge in [-0.1, -0.05) is 27.7 Å². The Balaban J connectivity index is 0.000000989. The van der Waals surface area contributed by atoms with E-state index < -0.39 is 6.67 Å². The van der Waals surface area contributed by atoms with Crippen molar-refractivity contribution >= 4 is 27.6 Å². The van der Waals surface area contributed by atoms with Crippen LogP contribution in [0.1, 0.15) is 27.7 Å². The summed E-state index contributed by atoms with van der Waals surface area (Å²) in [5.41, 5.74) is 0. The van der Waals surface area contributed by atoms with Gasteiger partial charge in [-0.3, -0.25) is 0 Å². The molecule has 9 heteroatoms. The third-order valence-corrected chi connectivity index (χ3v) is 4.36. The molecule has 0 aromatic carbocycles. The highest BCUT2D eigenvalue weighted by Crippen LogP contribution is 2.22. The Bertz CT molecular complexity index is 676. The fraction of sp³-hybridized carbons (Fsp3) is 0.550. The summed E-state index contributed by atoms with van der Waals surface area (Å²) in [4.78, 5) is 16.9. The van der Waals surface area contributed by atoms with Crippen LogP contribution in [0.4, 0.5) is 20.4 Å². The Morgan fingerprint density at radius 1 is 1.03 bits per heavy atom. The predicted molar refractivity (Wildman–Crippen MR) is 117 cm³/mol. The lowest BCUT2D eigenvalue weighted by molar-refractivity contribution is 0.104. The second-order valence-corrected chi connectivity index (χ2v) is 6.40. The molecular formula is C20H30BrF2N5O. The summed E-state index contributed by atoms with van der Waals surface area (Å²) in [7, 11) is 0. The van der Waals surface area contributed by atoms with E-state index in [0.717, 1.165) is 12.4 Å². The first-order valence-electron chi connectivity index (χ1n) is 9.92. The van der Waals surface area contributed by atoms with Crippen LogP contribution < -0.4 is 9.80 Å². The number of rotatable bonds is 6. The minimum Gasteiger partial charge on any atom is -0.377 e. The summed E-state index contributed by atoms with van der Waals surface area (Å²) in [5, 5.41) is 0. The van der Waals surface area contributed by atoms with Gasteiger partial charge in [0.15, 0.2) is 0 Å². The molecule has 0 saturated carbocycles. The Morgan fingerprint density at radius 2 is 1.76 bits per heavy atom. The van der Waals surface area contributed by atoms with Crippen molar-refractivity contribution in [3.8, 4) is 0 Å². The van der Waals surface area contributed by atoms with Crippen molar-refractivity contribution in [2.75, 3.05) is 49.3 Å². The monoisotopic (exact) mass is 473 g/mol. The quantitative estimate of drug-likeness (QED) is 0.575. The van der Waals surface area contributed by atoms with Crippen molar-refractivity contribution in [2.45, 2.75) is 33.7 Å². The molecule has 1 fully saturated rings. The average Bonchev–Trinajstić information content (AvgIpc) is 2.78. The molecule has 0 bridgehead atoms. The molecule has 1 aliphatic heterocycles. The normalized spacial score (nSPS) is 15.8. The lowest BCUT2D eigenvalue weighted by atomic mass is 10.1. The Labute approximate surface area is 180 Å². The number of nitrogens with zero attached hydrogens (tertiary/aromatic N) is 5. The van der Waals surface area contributed by atoms with E-state index in [1.807, 2.05) is 27.7 Å². The number of ether oxygens (including phenoxy) is 1. The highest BCUT2D eigenvalue weighted by molar-refractivity contribution is 9.10. The van der Waals surface area contributed by atoms with Gasteiger partial charge in [0.25, 0.3) is 0 Å². The van der Waals surface area contributed by atoms with Crippen molar-refractivity contribution < 1.29 is 13.5 Å². The van der Waals surface area contributed by atoms with Gasteiger partial charge in [0.1, 0.15) is 28.7 Å². The van der Waals surface area contributed by atoms with E-state index in [1.165, 1.54) is 12.3 Å². The third kappa shape index (κ3) is 7.81. The summed E-state index contributed by atoms with van der Waals surface area (Å²) in [5.74, 6) is 1.07. The summed E-state index contributed by atoms with van der Waals surface area (Å²) >= 11 is 3.27. The summed E-state index contributed by atoms with van der Waals surface area (Å²) < 4.78 is 31.6. The van der Waals surface area contributed by atoms with E-state index in [0.29, 0.717) is 30.1 Å². The van der Waals surface area contributed by atoms with E-state index in [4.69, 9.17) is 4.74 Å². The van der Waals surface area contributed by atoms with E-state index in [2.05, 4.69) is 40.7 Å². The van der Waals surface area contributed by atoms with Crippen LogP contribution in [-0.4, -0.2) is 60.5 Å². The molecule has 0 N–H and O–H groups in total. The molecule has 6 nitrogen and oxygen atoms in total. The number of pyridine rings is 1. The van der Waals surface area contributed by atoms with E-state index in [-0.39, 0.29) is 18.5 Å². The first-order valence-corrected chi connectivity index (χ1v) is 10.7. The van der Waals surface area contributed by atoms with Crippen LogP contribution >= 0.6 is 15.9 Å². The summed E-state index contributed by atoms with van der Waals surface area (Å²) in [6.07, 6.45) is 4.55. The Morgan fingerprint density at radius 3 is 2.34 bits per heavy atom. The Kier molecular flexibility index (Phi) is 12.3. The molecule has 3 heterocycles. The van der Waals surface area contributed by atoms with Gasteiger partial charge in [-0.05, 0) is 28.1 Å². The standard InChI is InChI=1S/C16H18BrF2N5O.2C2H6/c17-14-8-22-16(9-20-14)23-4-5-24(13(10-23)11-25-6-3-18)15-2-1-12(19)7-21-15;2*1-2/h1-2,7-9,13H,3-6,10-11H2;2*1-2H3. The van der Waals surface area contributed by atoms with Crippen molar-refractivity contribution in [3.63, 3.8) is 0 Å². The molecule has 1 atom stereocenters. The van der Waals surface area contributed by atoms with Crippen molar-refractivity contribution in [3.05, 3.63) is 41.1 Å². The average molecular weight is 474 g/mol. The fourth-order valence-corrected chi connectivity index (χ4v) is 2.99. The van der Waals surface area contributed by atoms with Crippen LogP contribution in [0.2, 0.25) is 0 Å². The van der Waals surface area contributed by atoms with Crippen molar-refractivity contribution in [2.24, 2.45) is 0 Å². The van der Waals surface area contributed by atoms with Crippen LogP contribution in [-0.2, 0) is 4.74 Å². The number of anilines is 2. The largest absolute Gasteiger partial charge is 0.377 e. The topological polar surface area (TPSA) is 54.4 Å². The smallest absolute Gasteiger partial charge is 0.147 e. The molecule has 2 aromatic rings. The SMILES string of the molecule is CC.CC.FCCOCC1CN(c2cnc(Br)cn2)CCN1c1ccc(F)cn1. The maximum Gasteiger partial charge on any atom is 0.147 e. The van der Waals surface area contributed by atoms with Gasteiger partial charge in [-0.25, -0.2) is 23.7 Å².